The molecule has 0 aliphatic heterocycles. The third-order valence-electron chi connectivity index (χ3n) is 6.30. The predicted molar refractivity (Wildman–Crippen MR) is 144 cm³/mol. The van der Waals surface area contributed by atoms with E-state index >= 15 is 0 Å². The van der Waals surface area contributed by atoms with E-state index in [1.54, 1.807) is 0 Å². The summed E-state index contributed by atoms with van der Waals surface area (Å²) in [6, 6.07) is 13.5. The molecular weight excluding hydrogens is 388 g/mol. The Kier molecular flexibility index (Phi) is 8.74. The number of para-hydroxylation sites is 2. The maximum absolute atomic E-state index is 5.17. The van der Waals surface area contributed by atoms with Gasteiger partial charge in [-0.1, -0.05) is 113 Å². The first-order chi connectivity index (χ1) is 14.8. The van der Waals surface area contributed by atoms with Crippen LogP contribution < -0.4 is 5.32 Å². The Morgan fingerprint density at radius 3 is 1.38 bits per heavy atom. The molecule has 2 aromatic carbocycles. The van der Waals surface area contributed by atoms with Crippen molar-refractivity contribution < 1.29 is 0 Å². The Labute approximate surface area is 198 Å². The summed E-state index contributed by atoms with van der Waals surface area (Å²) >= 11 is 0. The fourth-order valence-corrected chi connectivity index (χ4v) is 4.16. The minimum Gasteiger partial charge on any atom is -0.376 e. The molecule has 0 heterocycles. The summed E-state index contributed by atoms with van der Waals surface area (Å²) in [5.41, 5.74) is 7.86. The van der Waals surface area contributed by atoms with Crippen LogP contribution >= 0.6 is 0 Å². The molecule has 176 valence electrons. The second-order valence-electron chi connectivity index (χ2n) is 11.5. The molecule has 0 aliphatic carbocycles. The van der Waals surface area contributed by atoms with Gasteiger partial charge in [0.25, 0.3) is 0 Å². The van der Waals surface area contributed by atoms with Crippen LogP contribution in [-0.2, 0) is 0 Å². The van der Waals surface area contributed by atoms with Gasteiger partial charge in [-0.25, -0.2) is 0 Å². The van der Waals surface area contributed by atoms with Crippen molar-refractivity contribution in [3.05, 3.63) is 58.7 Å². The van der Waals surface area contributed by atoms with Crippen LogP contribution in [-0.4, -0.2) is 12.3 Å². The number of anilines is 1. The van der Waals surface area contributed by atoms with Crippen LogP contribution in [0, 0.1) is 5.41 Å². The molecule has 1 N–H and O–H groups in total. The van der Waals surface area contributed by atoms with Crippen molar-refractivity contribution in [3.8, 4) is 0 Å². The van der Waals surface area contributed by atoms with Crippen molar-refractivity contribution in [2.24, 2.45) is 10.4 Å². The van der Waals surface area contributed by atoms with Gasteiger partial charge in [0.1, 0.15) is 0 Å². The lowest BCUT2D eigenvalue weighted by molar-refractivity contribution is 0.403. The molecule has 0 aliphatic rings. The Morgan fingerprint density at radius 2 is 1.03 bits per heavy atom. The van der Waals surface area contributed by atoms with E-state index in [4.69, 9.17) is 4.99 Å². The average molecular weight is 435 g/mol. The van der Waals surface area contributed by atoms with E-state index in [9.17, 15) is 0 Å². The van der Waals surface area contributed by atoms with E-state index in [-0.39, 0.29) is 11.5 Å². The number of aliphatic imine (C=N–C) groups is 1. The summed E-state index contributed by atoms with van der Waals surface area (Å²) in [5, 5.41) is 3.94. The number of hydrogen-bond acceptors (Lipinski definition) is 2. The van der Waals surface area contributed by atoms with Crippen LogP contribution in [0.1, 0.15) is 122 Å². The van der Waals surface area contributed by atoms with Gasteiger partial charge in [-0.15, -0.1) is 0 Å². The Hall–Kier alpha value is -2.09. The third kappa shape index (κ3) is 6.24. The Morgan fingerprint density at radius 1 is 0.656 bits per heavy atom. The van der Waals surface area contributed by atoms with Crippen LogP contribution in [0.3, 0.4) is 0 Å². The first-order valence-electron chi connectivity index (χ1n) is 12.4. The summed E-state index contributed by atoms with van der Waals surface area (Å²) in [7, 11) is 0. The highest BCUT2D eigenvalue weighted by Gasteiger charge is 2.26. The molecule has 0 saturated carbocycles. The molecule has 0 radical (unpaired) electrons. The van der Waals surface area contributed by atoms with E-state index in [2.05, 4.69) is 124 Å². The molecule has 0 saturated heterocycles. The Balaban J connectivity index is 2.58. The van der Waals surface area contributed by atoms with Gasteiger partial charge in [0.2, 0.25) is 0 Å². The second kappa shape index (κ2) is 10.7. The number of nitrogens with zero attached hydrogens (tertiary/aromatic N) is 1. The fraction of sp³-hybridized carbons (Fsp3) is 0.567. The van der Waals surface area contributed by atoms with E-state index in [1.807, 2.05) is 0 Å². The van der Waals surface area contributed by atoms with E-state index in [0.29, 0.717) is 23.7 Å². The van der Waals surface area contributed by atoms with Crippen LogP contribution in [0.15, 0.2) is 41.4 Å². The SMILES string of the molecule is CC(C)c1cccc(C(C)C)c1N=CC(Nc1c(C(C)C)cccc1C(C)C)C(C)(C)C. The highest BCUT2D eigenvalue weighted by atomic mass is 15.0. The van der Waals surface area contributed by atoms with Crippen LogP contribution in [0.5, 0.6) is 0 Å². The monoisotopic (exact) mass is 434 g/mol. The molecule has 0 aromatic heterocycles. The van der Waals surface area contributed by atoms with Gasteiger partial charge in [-0.3, -0.25) is 4.99 Å². The first-order valence-corrected chi connectivity index (χ1v) is 12.4. The number of benzene rings is 2. The maximum atomic E-state index is 5.17. The molecule has 2 nitrogen and oxygen atoms in total. The van der Waals surface area contributed by atoms with Crippen molar-refractivity contribution in [2.45, 2.75) is 106 Å². The lowest BCUT2D eigenvalue weighted by Gasteiger charge is -2.32. The maximum Gasteiger partial charge on any atom is 0.0695 e. The zero-order valence-corrected chi connectivity index (χ0v) is 22.4. The molecule has 0 spiro atoms. The fourth-order valence-electron chi connectivity index (χ4n) is 4.16. The van der Waals surface area contributed by atoms with Crippen LogP contribution in [0.25, 0.3) is 0 Å². The smallest absolute Gasteiger partial charge is 0.0695 e. The summed E-state index contributed by atoms with van der Waals surface area (Å²) in [6.07, 6.45) is 2.16. The zero-order chi connectivity index (χ0) is 24.2. The van der Waals surface area contributed by atoms with Gasteiger partial charge in [-0.2, -0.15) is 0 Å². The first kappa shape index (κ1) is 26.2. The van der Waals surface area contributed by atoms with Crippen molar-refractivity contribution in [1.29, 1.82) is 0 Å². The largest absolute Gasteiger partial charge is 0.376 e. The second-order valence-corrected chi connectivity index (χ2v) is 11.5. The lowest BCUT2D eigenvalue weighted by Crippen LogP contribution is -2.36. The van der Waals surface area contributed by atoms with Crippen molar-refractivity contribution in [3.63, 3.8) is 0 Å². The molecule has 0 amide bonds. The molecule has 2 heteroatoms. The zero-order valence-electron chi connectivity index (χ0n) is 22.4. The van der Waals surface area contributed by atoms with Gasteiger partial charge in [0.15, 0.2) is 0 Å². The van der Waals surface area contributed by atoms with E-state index in [1.165, 1.54) is 27.9 Å². The Bertz CT molecular complexity index is 858. The molecule has 1 atom stereocenters. The van der Waals surface area contributed by atoms with E-state index < -0.39 is 0 Å². The van der Waals surface area contributed by atoms with Gasteiger partial charge >= 0.3 is 0 Å². The van der Waals surface area contributed by atoms with Crippen molar-refractivity contribution >= 4 is 17.6 Å². The normalized spacial score (nSPS) is 13.7. The number of rotatable bonds is 8. The summed E-state index contributed by atoms with van der Waals surface area (Å²) in [6.45, 7) is 25.0. The van der Waals surface area contributed by atoms with Gasteiger partial charge in [-0.05, 0) is 51.3 Å². The molecule has 2 rings (SSSR count). The minimum absolute atomic E-state index is 0.0204. The average Bonchev–Trinajstić information content (AvgIpc) is 2.69. The third-order valence-corrected chi connectivity index (χ3v) is 6.30. The number of nitrogens with one attached hydrogen (secondary N) is 1. The highest BCUT2D eigenvalue weighted by Crippen LogP contribution is 2.37. The predicted octanol–water partition coefficient (Wildman–Crippen LogP) is 9.41. The molecule has 0 bridgehead atoms. The highest BCUT2D eigenvalue weighted by molar-refractivity contribution is 5.77. The molecule has 2 aromatic rings. The van der Waals surface area contributed by atoms with Gasteiger partial charge < -0.3 is 5.32 Å². The van der Waals surface area contributed by atoms with Crippen molar-refractivity contribution in [2.75, 3.05) is 5.32 Å². The van der Waals surface area contributed by atoms with Gasteiger partial charge in [0, 0.05) is 11.9 Å². The van der Waals surface area contributed by atoms with E-state index in [0.717, 1.165) is 5.69 Å². The number of hydrogen-bond donors (Lipinski definition) is 1. The topological polar surface area (TPSA) is 24.4 Å². The van der Waals surface area contributed by atoms with Gasteiger partial charge in [0.05, 0.1) is 11.7 Å². The van der Waals surface area contributed by atoms with Crippen LogP contribution in [0.2, 0.25) is 0 Å². The quantitative estimate of drug-likeness (QED) is 0.411. The van der Waals surface area contributed by atoms with Crippen LogP contribution in [0.4, 0.5) is 11.4 Å². The molecule has 1 unspecified atom stereocenters. The van der Waals surface area contributed by atoms with Crippen molar-refractivity contribution in [1.82, 2.24) is 0 Å². The molecule has 32 heavy (non-hydrogen) atoms. The summed E-state index contributed by atoms with van der Waals surface area (Å²) < 4.78 is 0. The standard InChI is InChI=1S/C30H46N2/c1-19(2)23-14-12-15-24(20(3)4)28(23)31-18-27(30(9,10)11)32-29-25(21(5)6)16-13-17-26(29)22(7)8/h12-22,27,32H,1-11H3. The minimum atomic E-state index is 0.0204. The molecule has 0 fully saturated rings. The lowest BCUT2D eigenvalue weighted by atomic mass is 9.85. The molecular formula is C30H46N2. The summed E-state index contributed by atoms with van der Waals surface area (Å²) in [4.78, 5) is 5.17. The summed E-state index contributed by atoms with van der Waals surface area (Å²) in [5.74, 6) is 1.80.